The van der Waals surface area contributed by atoms with Gasteiger partial charge in [0.2, 0.25) is 0 Å². The van der Waals surface area contributed by atoms with Gasteiger partial charge in [0.05, 0.1) is 18.3 Å². The number of nitrogens with zero attached hydrogens (tertiary/aromatic N) is 1. The summed E-state index contributed by atoms with van der Waals surface area (Å²) in [6.45, 7) is -0.0717. The normalized spacial score (nSPS) is 30.8. The second-order valence-electron chi connectivity index (χ2n) is 5.56. The number of fused-ring (bicyclic) bond motifs is 1. The number of hydrogen-bond donors (Lipinski definition) is 2. The second kappa shape index (κ2) is 6.36. The van der Waals surface area contributed by atoms with E-state index < -0.39 is 17.5 Å². The van der Waals surface area contributed by atoms with Crippen LogP contribution in [0, 0.1) is 11.8 Å². The van der Waals surface area contributed by atoms with Crippen LogP contribution in [0.5, 0.6) is 0 Å². The summed E-state index contributed by atoms with van der Waals surface area (Å²) in [6, 6.07) is 0. The Morgan fingerprint density at radius 3 is 2.77 bits per heavy atom. The molecule has 1 saturated heterocycles. The molecule has 2 heterocycles. The lowest BCUT2D eigenvalue weighted by atomic mass is 9.81. The van der Waals surface area contributed by atoms with Crippen LogP contribution >= 0.6 is 15.9 Å². The molecule has 0 amide bonds. The monoisotopic (exact) mass is 368 g/mol. The van der Waals surface area contributed by atoms with Gasteiger partial charge >= 0.3 is 5.69 Å². The molecule has 0 radical (unpaired) electrons. The maximum absolute atomic E-state index is 12.2. The van der Waals surface area contributed by atoms with Gasteiger partial charge in [0, 0.05) is 12.1 Å². The highest BCUT2D eigenvalue weighted by atomic mass is 79.9. The van der Waals surface area contributed by atoms with Crippen molar-refractivity contribution < 1.29 is 9.84 Å². The van der Waals surface area contributed by atoms with E-state index >= 15 is 0 Å². The molecule has 1 aromatic heterocycles. The third-order valence-corrected chi connectivity index (χ3v) is 4.65. The highest BCUT2D eigenvalue weighted by Crippen LogP contribution is 2.44. The summed E-state index contributed by atoms with van der Waals surface area (Å²) in [4.78, 5) is 27.8. The smallest absolute Gasteiger partial charge is 0.330 e. The van der Waals surface area contributed by atoms with Crippen molar-refractivity contribution in [1.82, 2.24) is 9.55 Å². The van der Waals surface area contributed by atoms with Gasteiger partial charge in [-0.25, -0.2) is 4.79 Å². The van der Waals surface area contributed by atoms with E-state index in [2.05, 4.69) is 33.1 Å². The molecule has 0 bridgehead atoms. The van der Waals surface area contributed by atoms with Crippen LogP contribution in [0.2, 0.25) is 0 Å². The highest BCUT2D eigenvalue weighted by molar-refractivity contribution is 9.11. The van der Waals surface area contributed by atoms with Crippen LogP contribution in [0.4, 0.5) is 0 Å². The average molecular weight is 369 g/mol. The number of H-pyrrole nitrogens is 1. The van der Waals surface area contributed by atoms with Gasteiger partial charge in [-0.05, 0) is 29.8 Å². The van der Waals surface area contributed by atoms with E-state index in [1.54, 1.807) is 11.1 Å². The fraction of sp³-hybridized carbons (Fsp3) is 0.467. The van der Waals surface area contributed by atoms with Crippen LogP contribution in [-0.2, 0) is 4.74 Å². The summed E-state index contributed by atoms with van der Waals surface area (Å²) in [5, 5.41) is 9.51. The molecular formula is C15H17BrN2O4. The Hall–Kier alpha value is -1.44. The standard InChI is InChI=1S/C15H17BrN2O4/c16-6-5-9-7-18(15(21)17-13(9)20)14-11-4-2-1-3-10(11)12(8-19)22-14/h1-2,5-7,10-12,14,19H,3-4,8H2,(H,17,20,21)/b6-5+/t10-,11+,12+,14+/m0/s1. The fourth-order valence-electron chi connectivity index (χ4n) is 3.32. The zero-order valence-corrected chi connectivity index (χ0v) is 13.4. The summed E-state index contributed by atoms with van der Waals surface area (Å²) in [5.74, 6) is 0.306. The Balaban J connectivity index is 2.03. The van der Waals surface area contributed by atoms with Crippen LogP contribution in [-0.4, -0.2) is 27.4 Å². The highest BCUT2D eigenvalue weighted by Gasteiger charge is 2.45. The third kappa shape index (κ3) is 2.64. The molecule has 7 heteroatoms. The fourth-order valence-corrected chi connectivity index (χ4v) is 3.60. The van der Waals surface area contributed by atoms with Crippen molar-refractivity contribution >= 4 is 22.0 Å². The molecule has 2 aliphatic rings. The first-order valence-corrected chi connectivity index (χ1v) is 8.11. The Morgan fingerprint density at radius 2 is 2.09 bits per heavy atom. The predicted molar refractivity (Wildman–Crippen MR) is 85.6 cm³/mol. The van der Waals surface area contributed by atoms with Gasteiger partial charge in [-0.3, -0.25) is 14.3 Å². The Bertz CT molecular complexity index is 721. The van der Waals surface area contributed by atoms with Gasteiger partial charge in [0.15, 0.2) is 0 Å². The summed E-state index contributed by atoms with van der Waals surface area (Å²) < 4.78 is 7.34. The SMILES string of the molecule is O=c1[nH]c(=O)n([C@@H]2O[C@H](CO)[C@H]3CC=CC[C@H]32)cc1/C=C/Br. The number of aliphatic hydroxyl groups excluding tert-OH is 1. The average Bonchev–Trinajstić information content (AvgIpc) is 2.89. The molecule has 0 aromatic carbocycles. The molecule has 22 heavy (non-hydrogen) atoms. The number of hydrogen-bond acceptors (Lipinski definition) is 4. The molecule has 0 spiro atoms. The van der Waals surface area contributed by atoms with E-state index in [0.29, 0.717) is 5.56 Å². The number of nitrogens with one attached hydrogen (secondary N) is 1. The molecule has 4 atom stereocenters. The summed E-state index contributed by atoms with van der Waals surface area (Å²) in [5.41, 5.74) is -0.558. The van der Waals surface area contributed by atoms with Crippen molar-refractivity contribution in [3.05, 3.63) is 49.7 Å². The molecular weight excluding hydrogens is 352 g/mol. The van der Waals surface area contributed by atoms with E-state index in [4.69, 9.17) is 4.74 Å². The number of aromatic nitrogens is 2. The largest absolute Gasteiger partial charge is 0.394 e. The summed E-state index contributed by atoms with van der Waals surface area (Å²) in [7, 11) is 0. The second-order valence-corrected chi connectivity index (χ2v) is 6.09. The van der Waals surface area contributed by atoms with Crippen LogP contribution in [0.15, 0.2) is 32.9 Å². The van der Waals surface area contributed by atoms with Gasteiger partial charge in [-0.1, -0.05) is 28.1 Å². The quantitative estimate of drug-likeness (QED) is 0.789. The van der Waals surface area contributed by atoms with Gasteiger partial charge in [0.25, 0.3) is 5.56 Å². The van der Waals surface area contributed by atoms with Crippen LogP contribution in [0.1, 0.15) is 24.6 Å². The van der Waals surface area contributed by atoms with Crippen molar-refractivity contribution in [2.45, 2.75) is 25.2 Å². The van der Waals surface area contributed by atoms with Crippen molar-refractivity contribution in [1.29, 1.82) is 0 Å². The number of aliphatic hydroxyl groups is 1. The number of aromatic amines is 1. The molecule has 1 fully saturated rings. The van der Waals surface area contributed by atoms with E-state index in [-0.39, 0.29) is 24.5 Å². The lowest BCUT2D eigenvalue weighted by Crippen LogP contribution is -2.35. The molecule has 0 saturated carbocycles. The Labute approximate surface area is 135 Å². The van der Waals surface area contributed by atoms with E-state index in [1.807, 2.05) is 0 Å². The maximum atomic E-state index is 12.2. The first kappa shape index (κ1) is 15.5. The minimum atomic E-state index is -0.492. The minimum Gasteiger partial charge on any atom is -0.394 e. The van der Waals surface area contributed by atoms with Crippen LogP contribution in [0.3, 0.4) is 0 Å². The number of ether oxygens (including phenoxy) is 1. The van der Waals surface area contributed by atoms with E-state index in [1.165, 1.54) is 10.8 Å². The summed E-state index contributed by atoms with van der Waals surface area (Å²) in [6.07, 6.45) is 8.12. The third-order valence-electron chi connectivity index (χ3n) is 4.38. The lowest BCUT2D eigenvalue weighted by Gasteiger charge is -2.25. The Kier molecular flexibility index (Phi) is 4.46. The van der Waals surface area contributed by atoms with Crippen molar-refractivity contribution in [2.75, 3.05) is 6.61 Å². The van der Waals surface area contributed by atoms with E-state index in [0.717, 1.165) is 12.8 Å². The van der Waals surface area contributed by atoms with Gasteiger partial charge in [-0.2, -0.15) is 0 Å². The summed E-state index contributed by atoms with van der Waals surface area (Å²) >= 11 is 3.13. The van der Waals surface area contributed by atoms with Crippen LogP contribution < -0.4 is 11.2 Å². The lowest BCUT2D eigenvalue weighted by molar-refractivity contribution is -0.0389. The Morgan fingerprint density at radius 1 is 1.36 bits per heavy atom. The molecule has 1 aliphatic heterocycles. The topological polar surface area (TPSA) is 84.3 Å². The number of rotatable bonds is 3. The zero-order valence-electron chi connectivity index (χ0n) is 11.8. The van der Waals surface area contributed by atoms with Crippen molar-refractivity contribution in [2.24, 2.45) is 11.8 Å². The van der Waals surface area contributed by atoms with Gasteiger partial charge < -0.3 is 9.84 Å². The van der Waals surface area contributed by atoms with Gasteiger partial charge in [0.1, 0.15) is 6.23 Å². The van der Waals surface area contributed by atoms with Gasteiger partial charge in [-0.15, -0.1) is 0 Å². The number of halogens is 1. The first-order valence-electron chi connectivity index (χ1n) is 7.19. The molecule has 1 aromatic rings. The van der Waals surface area contributed by atoms with Crippen molar-refractivity contribution in [3.8, 4) is 0 Å². The first-order chi connectivity index (χ1) is 10.7. The molecule has 0 unspecified atom stereocenters. The minimum absolute atomic E-state index is 0.0717. The van der Waals surface area contributed by atoms with Crippen LogP contribution in [0.25, 0.3) is 6.08 Å². The van der Waals surface area contributed by atoms with E-state index in [9.17, 15) is 14.7 Å². The molecule has 2 N–H and O–H groups in total. The number of allylic oxidation sites excluding steroid dienone is 2. The molecule has 1 aliphatic carbocycles. The zero-order chi connectivity index (χ0) is 15.7. The molecule has 6 nitrogen and oxygen atoms in total. The predicted octanol–water partition coefficient (Wildman–Crippen LogP) is 1.37. The maximum Gasteiger partial charge on any atom is 0.330 e. The molecule has 118 valence electrons. The molecule has 3 rings (SSSR count). The van der Waals surface area contributed by atoms with Crippen molar-refractivity contribution in [3.63, 3.8) is 0 Å².